The Hall–Kier alpha value is -7.26. The van der Waals surface area contributed by atoms with E-state index in [1.807, 2.05) is 75.4 Å². The van der Waals surface area contributed by atoms with Crippen LogP contribution in [0.3, 0.4) is 0 Å². The standard InChI is InChI=1S/C23H29NO6S.C22H28N2O5S.C22H27NO6S/c1-22(2,13-12-18-6-4-3-5-7-18)30-19-8-10-20(11-9-19)31(27,28)23(21(25)24-26)14-16-29-17-15-23;25-21(24-26)22(13-16-29-17-14-22)30(27,28)20-11-9-19(10-12-20)23-15-5-4-8-18-6-2-1-3-7-18;1-17(7-8-18-5-3-2-4-6-18)29-19-9-11-20(12-10-19)30(26,27)22(21(24)23-25)13-15-28-16-14-22/h3-11,26H,12-17H2,1-2H3,(H,24,25);1-3,6-7,9-12,23,26H,4-5,8,13-17H2,(H,24,25);2-6,9-12,17,25H,7-8,13-16H2,1H3,(H,23,24). The first-order valence-electron chi connectivity index (χ1n) is 30.4. The molecule has 0 spiro atoms. The highest BCUT2D eigenvalue weighted by molar-refractivity contribution is 7.94. The monoisotopic (exact) mass is 1310 g/mol. The summed E-state index contributed by atoms with van der Waals surface area (Å²) >= 11 is 0. The molecule has 3 saturated heterocycles. The number of anilines is 1. The molecule has 3 aliphatic rings. The number of hydrogen-bond acceptors (Lipinski definition) is 18. The van der Waals surface area contributed by atoms with E-state index >= 15 is 0 Å². The highest BCUT2D eigenvalue weighted by atomic mass is 32.2. The zero-order valence-electron chi connectivity index (χ0n) is 51.6. The van der Waals surface area contributed by atoms with E-state index in [-0.39, 0.29) is 99.0 Å². The maximum atomic E-state index is 13.3. The van der Waals surface area contributed by atoms with E-state index in [1.54, 1.807) is 36.4 Å². The highest BCUT2D eigenvalue weighted by Crippen LogP contribution is 2.39. The highest BCUT2D eigenvalue weighted by Gasteiger charge is 2.54. The van der Waals surface area contributed by atoms with Crippen molar-refractivity contribution in [3.63, 3.8) is 0 Å². The van der Waals surface area contributed by atoms with E-state index in [1.165, 1.54) is 69.5 Å². The molecule has 3 heterocycles. The maximum Gasteiger partial charge on any atom is 0.265 e. The van der Waals surface area contributed by atoms with Crippen molar-refractivity contribution in [2.75, 3.05) is 51.5 Å². The summed E-state index contributed by atoms with van der Waals surface area (Å²) in [4.78, 5) is 37.0. The number of rotatable bonds is 25. The number of hydroxylamine groups is 3. The average molecular weight is 1310 g/mol. The minimum absolute atomic E-state index is 0.00312. The predicted octanol–water partition coefficient (Wildman–Crippen LogP) is 9.17. The lowest BCUT2D eigenvalue weighted by Crippen LogP contribution is -2.54. The van der Waals surface area contributed by atoms with Gasteiger partial charge >= 0.3 is 0 Å². The van der Waals surface area contributed by atoms with Crippen molar-refractivity contribution in [1.29, 1.82) is 0 Å². The Morgan fingerprint density at radius 1 is 0.473 bits per heavy atom. The van der Waals surface area contributed by atoms with Crippen LogP contribution in [0.1, 0.15) is 102 Å². The van der Waals surface area contributed by atoms with Gasteiger partial charge < -0.3 is 29.0 Å². The summed E-state index contributed by atoms with van der Waals surface area (Å²) < 4.78 is 102. The topological polar surface area (TPSA) is 309 Å². The van der Waals surface area contributed by atoms with Gasteiger partial charge in [0, 0.05) is 51.9 Å². The summed E-state index contributed by atoms with van der Waals surface area (Å²) in [5, 5.41) is 30.7. The van der Waals surface area contributed by atoms with E-state index in [0.29, 0.717) is 11.5 Å². The van der Waals surface area contributed by atoms with Gasteiger partial charge in [-0.2, -0.15) is 0 Å². The minimum Gasteiger partial charge on any atom is -0.491 e. The molecule has 9 rings (SSSR count). The summed E-state index contributed by atoms with van der Waals surface area (Å²) in [7, 11) is -12.1. The number of unbranched alkanes of at least 4 members (excludes halogenated alkanes) is 1. The quantitative estimate of drug-likeness (QED) is 0.0160. The number of carbonyl (C=O) groups excluding carboxylic acids is 3. The molecule has 0 aliphatic carbocycles. The largest absolute Gasteiger partial charge is 0.491 e. The number of amides is 3. The van der Waals surface area contributed by atoms with Crippen LogP contribution in [0.2, 0.25) is 0 Å². The third-order valence-electron chi connectivity index (χ3n) is 16.8. The lowest BCUT2D eigenvalue weighted by molar-refractivity contribution is -0.135. The zero-order chi connectivity index (χ0) is 65.6. The Bertz CT molecular complexity index is 3600. The smallest absolute Gasteiger partial charge is 0.265 e. The Labute approximate surface area is 533 Å². The molecule has 3 amide bonds. The molecule has 0 radical (unpaired) electrons. The molecular weight excluding hydrogens is 1230 g/mol. The van der Waals surface area contributed by atoms with Gasteiger partial charge in [-0.15, -0.1) is 0 Å². The molecular formula is C67H84N4O17S3. The van der Waals surface area contributed by atoms with Crippen LogP contribution >= 0.6 is 0 Å². The van der Waals surface area contributed by atoms with Crippen LogP contribution in [0.5, 0.6) is 11.5 Å². The summed E-state index contributed by atoms with van der Waals surface area (Å²) in [5.74, 6) is -1.67. The normalized spacial score (nSPS) is 16.5. The van der Waals surface area contributed by atoms with Crippen LogP contribution in [0.4, 0.5) is 5.69 Å². The number of benzene rings is 6. The summed E-state index contributed by atoms with van der Waals surface area (Å²) in [6.45, 7) is 7.55. The summed E-state index contributed by atoms with van der Waals surface area (Å²) in [6, 6.07) is 49.2. The fourth-order valence-electron chi connectivity index (χ4n) is 11.2. The summed E-state index contributed by atoms with van der Waals surface area (Å²) in [5.41, 5.74) is 8.72. The van der Waals surface area contributed by atoms with Crippen LogP contribution in [0.15, 0.2) is 178 Å². The SMILES string of the molecule is CC(C)(CCc1ccccc1)Oc1ccc(S(=O)(=O)C2(C(=O)NO)CCOCC2)cc1.CC(CCc1ccccc1)Oc1ccc(S(=O)(=O)C2(C(=O)NO)CCOCC2)cc1.O=C(NO)C1(S(=O)(=O)c2ccc(NCCCCc3ccccc3)cc2)CCOCC1. The van der Waals surface area contributed by atoms with Gasteiger partial charge in [0.1, 0.15) is 17.1 Å². The molecule has 21 nitrogen and oxygen atoms in total. The van der Waals surface area contributed by atoms with Gasteiger partial charge in [-0.05, 0) is 194 Å². The molecule has 6 aromatic rings. The number of hydrogen-bond donors (Lipinski definition) is 7. The molecule has 91 heavy (non-hydrogen) atoms. The molecule has 3 aliphatic heterocycles. The molecule has 492 valence electrons. The first-order chi connectivity index (χ1) is 43.6. The molecule has 0 saturated carbocycles. The minimum atomic E-state index is -4.05. The second-order valence-electron chi connectivity index (χ2n) is 23.3. The maximum absolute atomic E-state index is 13.3. The number of sulfone groups is 3. The third-order valence-corrected chi connectivity index (χ3v) is 24.3. The van der Waals surface area contributed by atoms with Gasteiger partial charge in [0.25, 0.3) is 17.7 Å². The van der Waals surface area contributed by atoms with Crippen molar-refractivity contribution in [2.24, 2.45) is 0 Å². The molecule has 0 aromatic heterocycles. The molecule has 1 unspecified atom stereocenters. The number of ether oxygens (including phenoxy) is 5. The lowest BCUT2D eigenvalue weighted by atomic mass is 9.98. The molecule has 6 aromatic carbocycles. The van der Waals surface area contributed by atoms with E-state index in [9.17, 15) is 39.6 Å². The molecule has 7 N–H and O–H groups in total. The Kier molecular flexibility index (Phi) is 25.7. The molecule has 0 bridgehead atoms. The van der Waals surface area contributed by atoms with Gasteiger partial charge in [0.2, 0.25) is 0 Å². The van der Waals surface area contributed by atoms with Gasteiger partial charge in [0.15, 0.2) is 43.8 Å². The molecule has 1 atom stereocenters. The van der Waals surface area contributed by atoms with Crippen LogP contribution < -0.4 is 31.2 Å². The predicted molar refractivity (Wildman–Crippen MR) is 341 cm³/mol. The molecule has 3 fully saturated rings. The van der Waals surface area contributed by atoms with Crippen molar-refractivity contribution < 1.29 is 78.9 Å². The Morgan fingerprint density at radius 2 is 0.813 bits per heavy atom. The lowest BCUT2D eigenvalue weighted by Gasteiger charge is -2.34. The van der Waals surface area contributed by atoms with Crippen molar-refractivity contribution in [3.8, 4) is 11.5 Å². The van der Waals surface area contributed by atoms with Gasteiger partial charge in [-0.25, -0.2) is 41.7 Å². The first-order valence-corrected chi connectivity index (χ1v) is 34.9. The number of carbonyl (C=O) groups is 3. The fraction of sp³-hybridized carbons (Fsp3) is 0.418. The van der Waals surface area contributed by atoms with Crippen LogP contribution in [0, 0.1) is 0 Å². The van der Waals surface area contributed by atoms with Gasteiger partial charge in [-0.3, -0.25) is 30.0 Å². The van der Waals surface area contributed by atoms with Crippen LogP contribution in [-0.2, 0) is 77.4 Å². The zero-order valence-corrected chi connectivity index (χ0v) is 54.0. The van der Waals surface area contributed by atoms with Crippen LogP contribution in [0.25, 0.3) is 0 Å². The molecule has 24 heteroatoms. The van der Waals surface area contributed by atoms with Crippen molar-refractivity contribution >= 4 is 52.9 Å². The van der Waals surface area contributed by atoms with Gasteiger partial charge in [0.05, 0.1) is 20.8 Å². The van der Waals surface area contributed by atoms with Crippen LogP contribution in [-0.4, -0.2) is 131 Å². The average Bonchev–Trinajstić information content (AvgIpc) is 0.983. The van der Waals surface area contributed by atoms with Gasteiger partial charge in [-0.1, -0.05) is 91.0 Å². The van der Waals surface area contributed by atoms with E-state index in [4.69, 9.17) is 39.3 Å². The third kappa shape index (κ3) is 17.9. The van der Waals surface area contributed by atoms with Crippen molar-refractivity contribution in [2.45, 2.75) is 145 Å². The van der Waals surface area contributed by atoms with E-state index in [0.717, 1.165) is 57.2 Å². The van der Waals surface area contributed by atoms with E-state index < -0.39 is 67.1 Å². The second-order valence-corrected chi connectivity index (χ2v) is 30.1. The summed E-state index contributed by atoms with van der Waals surface area (Å²) in [6.07, 6.45) is 6.32. The Morgan fingerprint density at radius 3 is 1.19 bits per heavy atom. The number of aryl methyl sites for hydroxylation is 3. The van der Waals surface area contributed by atoms with E-state index in [2.05, 4.69) is 41.7 Å². The van der Waals surface area contributed by atoms with Crippen molar-refractivity contribution in [3.05, 3.63) is 180 Å². The van der Waals surface area contributed by atoms with Crippen molar-refractivity contribution in [1.82, 2.24) is 16.4 Å². The Balaban J connectivity index is 0.000000194. The first kappa shape index (κ1) is 71.2. The number of nitrogens with one attached hydrogen (secondary N) is 4. The second kappa shape index (κ2) is 32.8. The fourth-order valence-corrected chi connectivity index (χ4v) is 17.0.